The minimum absolute atomic E-state index is 0.470. The molecule has 0 spiro atoms. The first-order valence-electron chi connectivity index (χ1n) is 10.3. The summed E-state index contributed by atoms with van der Waals surface area (Å²) in [6, 6.07) is 2.18. The first-order chi connectivity index (χ1) is 13.1. The minimum atomic E-state index is 0.470. The minimum Gasteiger partial charge on any atom is -0.356 e. The summed E-state index contributed by atoms with van der Waals surface area (Å²) in [5.74, 6) is 3.67. The molecule has 27 heavy (non-hydrogen) atoms. The molecular formula is C21H34N6. The predicted molar refractivity (Wildman–Crippen MR) is 110 cm³/mol. The Bertz CT molecular complexity index is 723. The molecule has 1 aliphatic heterocycles. The second-order valence-electron chi connectivity index (χ2n) is 7.94. The van der Waals surface area contributed by atoms with E-state index in [1.807, 2.05) is 13.1 Å². The third-order valence-corrected chi connectivity index (χ3v) is 5.25. The normalized spacial score (nSPS) is 17.7. The van der Waals surface area contributed by atoms with Crippen LogP contribution in [0.15, 0.2) is 18.5 Å². The molecule has 1 atom stereocenters. The van der Waals surface area contributed by atoms with Gasteiger partial charge in [-0.2, -0.15) is 0 Å². The van der Waals surface area contributed by atoms with Crippen LogP contribution in [0.3, 0.4) is 0 Å². The number of piperidine rings is 1. The van der Waals surface area contributed by atoms with Gasteiger partial charge in [0.1, 0.15) is 17.5 Å². The van der Waals surface area contributed by atoms with E-state index in [1.165, 1.54) is 18.7 Å². The third-order valence-electron chi connectivity index (χ3n) is 5.25. The van der Waals surface area contributed by atoms with Crippen molar-refractivity contribution in [1.29, 1.82) is 0 Å². The number of hydrogen-bond donors (Lipinski definition) is 0. The SMILES string of the molecule is CCCc1cc(N2CCC[C@H](c3nccn3CCCN(C)C)C2)nc(C)n1. The lowest BCUT2D eigenvalue weighted by Gasteiger charge is -2.33. The third kappa shape index (κ3) is 5.28. The van der Waals surface area contributed by atoms with Gasteiger partial charge in [0.2, 0.25) is 0 Å². The highest BCUT2D eigenvalue weighted by atomic mass is 15.2. The lowest BCUT2D eigenvalue weighted by Crippen LogP contribution is -2.36. The highest BCUT2D eigenvalue weighted by molar-refractivity contribution is 5.41. The van der Waals surface area contributed by atoms with Crippen molar-refractivity contribution >= 4 is 5.82 Å². The van der Waals surface area contributed by atoms with Crippen molar-refractivity contribution in [2.24, 2.45) is 0 Å². The van der Waals surface area contributed by atoms with Crippen molar-refractivity contribution in [1.82, 2.24) is 24.4 Å². The van der Waals surface area contributed by atoms with Gasteiger partial charge < -0.3 is 14.4 Å². The fraction of sp³-hybridized carbons (Fsp3) is 0.667. The molecular weight excluding hydrogens is 336 g/mol. The Hall–Kier alpha value is -1.95. The fourth-order valence-corrected chi connectivity index (χ4v) is 3.98. The van der Waals surface area contributed by atoms with Crippen LogP contribution in [0.5, 0.6) is 0 Å². The molecule has 148 valence electrons. The van der Waals surface area contributed by atoms with Crippen molar-refractivity contribution in [3.05, 3.63) is 35.8 Å². The van der Waals surface area contributed by atoms with E-state index in [4.69, 9.17) is 9.97 Å². The number of nitrogens with zero attached hydrogens (tertiary/aromatic N) is 6. The van der Waals surface area contributed by atoms with Crippen molar-refractivity contribution < 1.29 is 0 Å². The second-order valence-corrected chi connectivity index (χ2v) is 7.94. The fourth-order valence-electron chi connectivity index (χ4n) is 3.98. The molecule has 1 saturated heterocycles. The molecule has 0 aliphatic carbocycles. The Kier molecular flexibility index (Phi) is 6.83. The van der Waals surface area contributed by atoms with Crippen LogP contribution in [0.25, 0.3) is 0 Å². The van der Waals surface area contributed by atoms with Crippen molar-refractivity contribution in [3.63, 3.8) is 0 Å². The van der Waals surface area contributed by atoms with Gasteiger partial charge in [-0.05, 0) is 53.2 Å². The van der Waals surface area contributed by atoms with E-state index in [1.54, 1.807) is 0 Å². The lowest BCUT2D eigenvalue weighted by molar-refractivity contribution is 0.380. The van der Waals surface area contributed by atoms with E-state index >= 15 is 0 Å². The van der Waals surface area contributed by atoms with Crippen molar-refractivity contribution in [2.75, 3.05) is 38.6 Å². The van der Waals surface area contributed by atoms with E-state index in [0.29, 0.717) is 5.92 Å². The molecule has 6 nitrogen and oxygen atoms in total. The van der Waals surface area contributed by atoms with Gasteiger partial charge in [-0.1, -0.05) is 13.3 Å². The highest BCUT2D eigenvalue weighted by Gasteiger charge is 2.25. The standard InChI is InChI=1S/C21H34N6/c1-5-8-19-15-20(24-17(2)23-19)27-12-6-9-18(16-27)21-22-10-14-26(21)13-7-11-25(3)4/h10,14-15,18H,5-9,11-13,16H2,1-4H3/t18-/m0/s1. The zero-order valence-electron chi connectivity index (χ0n) is 17.4. The maximum absolute atomic E-state index is 4.73. The largest absolute Gasteiger partial charge is 0.356 e. The second kappa shape index (κ2) is 9.31. The molecule has 0 aromatic carbocycles. The summed E-state index contributed by atoms with van der Waals surface area (Å²) in [5.41, 5.74) is 1.16. The van der Waals surface area contributed by atoms with Crippen LogP contribution in [0, 0.1) is 6.92 Å². The first-order valence-corrected chi connectivity index (χ1v) is 10.3. The Morgan fingerprint density at radius 3 is 2.89 bits per heavy atom. The summed E-state index contributed by atoms with van der Waals surface area (Å²) in [7, 11) is 4.26. The van der Waals surface area contributed by atoms with Gasteiger partial charge in [0.15, 0.2) is 0 Å². The number of aromatic nitrogens is 4. The van der Waals surface area contributed by atoms with Gasteiger partial charge in [0.05, 0.1) is 0 Å². The highest BCUT2D eigenvalue weighted by Crippen LogP contribution is 2.29. The average molecular weight is 371 g/mol. The number of hydrogen-bond acceptors (Lipinski definition) is 5. The van der Waals surface area contributed by atoms with Crippen LogP contribution in [0.2, 0.25) is 0 Å². The smallest absolute Gasteiger partial charge is 0.132 e. The first kappa shape index (κ1) is 19.8. The van der Waals surface area contributed by atoms with Gasteiger partial charge in [-0.15, -0.1) is 0 Å². The van der Waals surface area contributed by atoms with E-state index in [0.717, 1.165) is 62.8 Å². The number of rotatable bonds is 8. The van der Waals surface area contributed by atoms with E-state index in [2.05, 4.69) is 52.6 Å². The molecule has 0 unspecified atom stereocenters. The Morgan fingerprint density at radius 1 is 1.26 bits per heavy atom. The summed E-state index contributed by atoms with van der Waals surface area (Å²) in [5, 5.41) is 0. The molecule has 1 aliphatic rings. The molecule has 0 saturated carbocycles. The van der Waals surface area contributed by atoms with Gasteiger partial charge >= 0.3 is 0 Å². The van der Waals surface area contributed by atoms with Crippen LogP contribution < -0.4 is 4.90 Å². The van der Waals surface area contributed by atoms with Crippen LogP contribution in [-0.4, -0.2) is 58.1 Å². The molecule has 0 bridgehead atoms. The summed E-state index contributed by atoms with van der Waals surface area (Å²) in [4.78, 5) is 18.7. The van der Waals surface area contributed by atoms with Crippen LogP contribution in [0.1, 0.15) is 55.9 Å². The topological polar surface area (TPSA) is 50.1 Å². The van der Waals surface area contributed by atoms with Gasteiger partial charge in [0, 0.05) is 49.7 Å². The molecule has 0 radical (unpaired) electrons. The molecule has 2 aromatic heterocycles. The monoisotopic (exact) mass is 370 g/mol. The van der Waals surface area contributed by atoms with Gasteiger partial charge in [0.25, 0.3) is 0 Å². The van der Waals surface area contributed by atoms with Gasteiger partial charge in [-0.25, -0.2) is 15.0 Å². The molecule has 3 heterocycles. The van der Waals surface area contributed by atoms with Crippen LogP contribution in [0.4, 0.5) is 5.82 Å². The van der Waals surface area contributed by atoms with Crippen molar-refractivity contribution in [2.45, 2.75) is 58.4 Å². The zero-order valence-corrected chi connectivity index (χ0v) is 17.4. The van der Waals surface area contributed by atoms with Gasteiger partial charge in [-0.3, -0.25) is 0 Å². The maximum Gasteiger partial charge on any atom is 0.132 e. The molecule has 0 amide bonds. The zero-order chi connectivity index (χ0) is 19.2. The van der Waals surface area contributed by atoms with Crippen LogP contribution >= 0.6 is 0 Å². The molecule has 1 fully saturated rings. The molecule has 0 N–H and O–H groups in total. The predicted octanol–water partition coefficient (Wildman–Crippen LogP) is 3.27. The molecule has 3 rings (SSSR count). The van der Waals surface area contributed by atoms with E-state index in [9.17, 15) is 0 Å². The summed E-state index contributed by atoms with van der Waals surface area (Å²) in [6.45, 7) is 8.41. The lowest BCUT2D eigenvalue weighted by atomic mass is 9.97. The van der Waals surface area contributed by atoms with E-state index < -0.39 is 0 Å². The number of anilines is 1. The number of aryl methyl sites for hydroxylation is 3. The Labute approximate surface area is 163 Å². The Morgan fingerprint density at radius 2 is 2.11 bits per heavy atom. The summed E-state index contributed by atoms with van der Waals surface area (Å²) in [6.07, 6.45) is 9.76. The number of imidazole rings is 1. The summed E-state index contributed by atoms with van der Waals surface area (Å²) >= 11 is 0. The van der Waals surface area contributed by atoms with Crippen LogP contribution in [-0.2, 0) is 13.0 Å². The molecule has 2 aromatic rings. The van der Waals surface area contributed by atoms with Crippen molar-refractivity contribution in [3.8, 4) is 0 Å². The average Bonchev–Trinajstić information content (AvgIpc) is 3.10. The summed E-state index contributed by atoms with van der Waals surface area (Å²) < 4.78 is 2.35. The Balaban J connectivity index is 1.71. The van der Waals surface area contributed by atoms with E-state index in [-0.39, 0.29) is 0 Å². The maximum atomic E-state index is 4.73. The molecule has 6 heteroatoms. The quantitative estimate of drug-likeness (QED) is 0.714.